The van der Waals surface area contributed by atoms with Crippen LogP contribution in [0.15, 0.2) is 12.7 Å². The van der Waals surface area contributed by atoms with Crippen LogP contribution in [-0.2, 0) is 19.2 Å². The molecular formula is C12H17N3O9. The maximum atomic E-state index is 11.7. The van der Waals surface area contributed by atoms with Crippen LogP contribution in [0.4, 0.5) is 4.79 Å². The Bertz CT molecular complexity index is 520. The molecule has 0 fully saturated rings. The van der Waals surface area contributed by atoms with Gasteiger partial charge in [0.05, 0.1) is 6.67 Å². The van der Waals surface area contributed by atoms with Crippen LogP contribution in [0.1, 0.15) is 0 Å². The molecule has 0 bridgehead atoms. The lowest BCUT2D eigenvalue weighted by atomic mass is 10.3. The summed E-state index contributed by atoms with van der Waals surface area (Å²) in [5, 5.41) is 37.0. The second kappa shape index (κ2) is 9.78. The SMILES string of the molecule is C=CC(=O)N(CCN(CC(=O)O)C(=O)O)CNC(C(=O)O)C(=O)O. The number of nitrogens with zero attached hydrogens (tertiary/aromatic N) is 2. The number of amides is 2. The smallest absolute Gasteiger partial charge is 0.407 e. The Balaban J connectivity index is 4.89. The molecule has 0 aromatic rings. The van der Waals surface area contributed by atoms with Crippen LogP contribution in [0.3, 0.4) is 0 Å². The summed E-state index contributed by atoms with van der Waals surface area (Å²) in [4.78, 5) is 56.0. The van der Waals surface area contributed by atoms with Gasteiger partial charge in [-0.1, -0.05) is 6.58 Å². The number of hydrogen-bond donors (Lipinski definition) is 5. The van der Waals surface area contributed by atoms with E-state index in [1.807, 2.05) is 0 Å². The highest BCUT2D eigenvalue weighted by Gasteiger charge is 2.26. The first-order valence-corrected chi connectivity index (χ1v) is 6.40. The molecule has 0 aliphatic carbocycles. The fraction of sp³-hybridized carbons (Fsp3) is 0.417. The fourth-order valence-electron chi connectivity index (χ4n) is 1.53. The lowest BCUT2D eigenvalue weighted by Gasteiger charge is -2.25. The maximum absolute atomic E-state index is 11.7. The Morgan fingerprint density at radius 2 is 1.46 bits per heavy atom. The van der Waals surface area contributed by atoms with Crippen molar-refractivity contribution in [2.75, 3.05) is 26.3 Å². The Morgan fingerprint density at radius 3 is 1.83 bits per heavy atom. The van der Waals surface area contributed by atoms with Crippen molar-refractivity contribution < 1.29 is 44.4 Å². The van der Waals surface area contributed by atoms with Gasteiger partial charge in [-0.05, 0) is 6.08 Å². The summed E-state index contributed by atoms with van der Waals surface area (Å²) in [6.07, 6.45) is -0.661. The van der Waals surface area contributed by atoms with E-state index in [0.717, 1.165) is 11.0 Å². The molecular weight excluding hydrogens is 330 g/mol. The minimum absolute atomic E-state index is 0.302. The zero-order valence-corrected chi connectivity index (χ0v) is 12.4. The summed E-state index contributed by atoms with van der Waals surface area (Å²) in [5.74, 6) is -5.47. The van der Waals surface area contributed by atoms with Crippen molar-refractivity contribution in [1.82, 2.24) is 15.1 Å². The van der Waals surface area contributed by atoms with Gasteiger partial charge in [-0.3, -0.25) is 19.8 Å². The van der Waals surface area contributed by atoms with Gasteiger partial charge < -0.3 is 25.3 Å². The van der Waals surface area contributed by atoms with Gasteiger partial charge in [0, 0.05) is 13.1 Å². The van der Waals surface area contributed by atoms with E-state index in [4.69, 9.17) is 20.4 Å². The van der Waals surface area contributed by atoms with Gasteiger partial charge >= 0.3 is 24.0 Å². The highest BCUT2D eigenvalue weighted by molar-refractivity contribution is 5.97. The third-order valence-corrected chi connectivity index (χ3v) is 2.70. The molecule has 0 heterocycles. The predicted octanol–water partition coefficient (Wildman–Crippen LogP) is -1.85. The summed E-state index contributed by atoms with van der Waals surface area (Å²) in [6.45, 7) is 1.20. The molecule has 0 rings (SSSR count). The molecule has 0 aliphatic rings. The van der Waals surface area contributed by atoms with E-state index >= 15 is 0 Å². The van der Waals surface area contributed by atoms with Crippen LogP contribution in [0.25, 0.3) is 0 Å². The largest absolute Gasteiger partial charge is 0.480 e. The Labute approximate surface area is 135 Å². The molecule has 12 nitrogen and oxygen atoms in total. The van der Waals surface area contributed by atoms with E-state index < -0.39 is 49.2 Å². The number of nitrogens with one attached hydrogen (secondary N) is 1. The monoisotopic (exact) mass is 347 g/mol. The average molecular weight is 347 g/mol. The third kappa shape index (κ3) is 7.22. The molecule has 0 radical (unpaired) electrons. The zero-order valence-electron chi connectivity index (χ0n) is 12.4. The van der Waals surface area contributed by atoms with Crippen molar-refractivity contribution in [1.29, 1.82) is 0 Å². The van der Waals surface area contributed by atoms with Crippen molar-refractivity contribution >= 4 is 29.9 Å². The van der Waals surface area contributed by atoms with E-state index in [9.17, 15) is 24.0 Å². The van der Waals surface area contributed by atoms with Crippen LogP contribution < -0.4 is 5.32 Å². The second-order valence-electron chi connectivity index (χ2n) is 4.38. The molecule has 0 aliphatic heterocycles. The van der Waals surface area contributed by atoms with Gasteiger partial charge in [-0.15, -0.1) is 0 Å². The van der Waals surface area contributed by atoms with Crippen molar-refractivity contribution in [2.24, 2.45) is 0 Å². The minimum atomic E-state index is -1.97. The highest BCUT2D eigenvalue weighted by Crippen LogP contribution is 1.96. The van der Waals surface area contributed by atoms with Crippen molar-refractivity contribution in [3.05, 3.63) is 12.7 Å². The Morgan fingerprint density at radius 1 is 0.958 bits per heavy atom. The normalized spacial score (nSPS) is 10.0. The molecule has 0 unspecified atom stereocenters. The topological polar surface area (TPSA) is 185 Å². The quantitative estimate of drug-likeness (QED) is 0.161. The first-order valence-electron chi connectivity index (χ1n) is 6.40. The van der Waals surface area contributed by atoms with E-state index in [2.05, 4.69) is 11.9 Å². The standard InChI is InChI=1S/C12H17N3O9/c1-2-7(16)15(6-13-9(10(19)20)11(21)22)4-3-14(12(23)24)5-8(17)18/h2,9,13H,1,3-6H2,(H,17,18)(H,19,20)(H,21,22)(H,23,24). The van der Waals surface area contributed by atoms with Gasteiger partial charge in [-0.25, -0.2) is 14.4 Å². The number of carbonyl (C=O) groups excluding carboxylic acids is 1. The number of carboxylic acids is 3. The van der Waals surface area contributed by atoms with Crippen LogP contribution in [0, 0.1) is 0 Å². The van der Waals surface area contributed by atoms with E-state index in [-0.39, 0.29) is 13.1 Å². The van der Waals surface area contributed by atoms with Crippen LogP contribution in [-0.4, -0.2) is 92.5 Å². The maximum Gasteiger partial charge on any atom is 0.407 e. The average Bonchev–Trinajstić information content (AvgIpc) is 2.46. The molecule has 0 saturated heterocycles. The Hall–Kier alpha value is -3.15. The van der Waals surface area contributed by atoms with Crippen molar-refractivity contribution in [2.45, 2.75) is 6.04 Å². The molecule has 0 atom stereocenters. The molecule has 0 aromatic carbocycles. The summed E-state index contributed by atoms with van der Waals surface area (Å²) < 4.78 is 0. The summed E-state index contributed by atoms with van der Waals surface area (Å²) in [7, 11) is 0. The van der Waals surface area contributed by atoms with Gasteiger partial charge in [0.1, 0.15) is 6.54 Å². The number of rotatable bonds is 11. The predicted molar refractivity (Wildman–Crippen MR) is 76.2 cm³/mol. The molecule has 24 heavy (non-hydrogen) atoms. The summed E-state index contributed by atoms with van der Waals surface area (Å²) in [5.41, 5.74) is 0. The van der Waals surface area contributed by atoms with E-state index in [1.165, 1.54) is 0 Å². The van der Waals surface area contributed by atoms with Crippen LogP contribution >= 0.6 is 0 Å². The lowest BCUT2D eigenvalue weighted by molar-refractivity contribution is -0.152. The minimum Gasteiger partial charge on any atom is -0.480 e. The molecule has 0 saturated carbocycles. The molecule has 12 heteroatoms. The number of carbonyl (C=O) groups is 5. The molecule has 134 valence electrons. The number of aliphatic carboxylic acids is 3. The number of hydrogen-bond acceptors (Lipinski definition) is 6. The lowest BCUT2D eigenvalue weighted by Crippen LogP contribution is -2.51. The number of carboxylic acid groups (broad SMARTS) is 4. The first kappa shape index (κ1) is 20.9. The van der Waals surface area contributed by atoms with Gasteiger partial charge in [0.2, 0.25) is 11.9 Å². The molecule has 5 N–H and O–H groups in total. The van der Waals surface area contributed by atoms with E-state index in [0.29, 0.717) is 4.90 Å². The summed E-state index contributed by atoms with van der Waals surface area (Å²) >= 11 is 0. The molecule has 0 spiro atoms. The highest BCUT2D eigenvalue weighted by atomic mass is 16.4. The zero-order chi connectivity index (χ0) is 18.9. The Kier molecular flexibility index (Phi) is 8.50. The van der Waals surface area contributed by atoms with E-state index in [1.54, 1.807) is 0 Å². The second-order valence-corrected chi connectivity index (χ2v) is 4.38. The van der Waals surface area contributed by atoms with Gasteiger partial charge in [-0.2, -0.15) is 0 Å². The van der Waals surface area contributed by atoms with Crippen molar-refractivity contribution in [3.8, 4) is 0 Å². The van der Waals surface area contributed by atoms with Crippen LogP contribution in [0.2, 0.25) is 0 Å². The van der Waals surface area contributed by atoms with Gasteiger partial charge in [0.25, 0.3) is 0 Å². The van der Waals surface area contributed by atoms with Crippen molar-refractivity contribution in [3.63, 3.8) is 0 Å². The summed E-state index contributed by atoms with van der Waals surface area (Å²) in [6, 6.07) is -1.97. The van der Waals surface area contributed by atoms with Crippen LogP contribution in [0.5, 0.6) is 0 Å². The van der Waals surface area contributed by atoms with Gasteiger partial charge in [0.15, 0.2) is 0 Å². The molecule has 0 aromatic heterocycles. The molecule has 2 amide bonds. The fourth-order valence-corrected chi connectivity index (χ4v) is 1.53. The first-order chi connectivity index (χ1) is 11.1. The third-order valence-electron chi connectivity index (χ3n) is 2.70.